The number of aromatic nitrogens is 3. The Morgan fingerprint density at radius 1 is 1.30 bits per heavy atom. The van der Waals surface area contributed by atoms with Crippen molar-refractivity contribution >= 4 is 16.9 Å². The van der Waals surface area contributed by atoms with Gasteiger partial charge in [0.05, 0.1) is 29.6 Å². The molecular formula is C15H13N3O2. The molecule has 20 heavy (non-hydrogen) atoms. The fourth-order valence-electron chi connectivity index (χ4n) is 2.05. The highest BCUT2D eigenvalue weighted by Crippen LogP contribution is 2.20. The number of hydrogen-bond donors (Lipinski definition) is 0. The first-order valence-corrected chi connectivity index (χ1v) is 6.35. The van der Waals surface area contributed by atoms with Gasteiger partial charge in [0.15, 0.2) is 0 Å². The number of carbonyl (C=O) groups excluding carboxylic acids is 1. The summed E-state index contributed by atoms with van der Waals surface area (Å²) < 4.78 is 6.62. The van der Waals surface area contributed by atoms with E-state index in [4.69, 9.17) is 4.74 Å². The Kier molecular flexibility index (Phi) is 3.16. The van der Waals surface area contributed by atoms with Crippen molar-refractivity contribution in [1.29, 1.82) is 0 Å². The predicted octanol–water partition coefficient (Wildman–Crippen LogP) is 2.60. The monoisotopic (exact) mass is 267 g/mol. The van der Waals surface area contributed by atoms with Crippen molar-refractivity contribution in [3.8, 4) is 5.69 Å². The number of fused-ring (bicyclic) bond motifs is 1. The number of ether oxygens (including phenoxy) is 1. The van der Waals surface area contributed by atoms with Gasteiger partial charge in [0.25, 0.3) is 0 Å². The van der Waals surface area contributed by atoms with E-state index in [9.17, 15) is 4.79 Å². The summed E-state index contributed by atoms with van der Waals surface area (Å²) in [5.74, 6) is -0.364. The van der Waals surface area contributed by atoms with Crippen LogP contribution in [0.25, 0.3) is 16.6 Å². The van der Waals surface area contributed by atoms with E-state index in [1.807, 2.05) is 30.3 Å². The van der Waals surface area contributed by atoms with Gasteiger partial charge in [-0.15, -0.1) is 0 Å². The second-order valence-corrected chi connectivity index (χ2v) is 4.24. The minimum Gasteiger partial charge on any atom is -0.462 e. The molecule has 3 aromatic rings. The summed E-state index contributed by atoms with van der Waals surface area (Å²) in [7, 11) is 0. The van der Waals surface area contributed by atoms with Gasteiger partial charge in [-0.2, -0.15) is 5.10 Å². The van der Waals surface area contributed by atoms with E-state index in [0.717, 1.165) is 16.6 Å². The Morgan fingerprint density at radius 3 is 3.00 bits per heavy atom. The number of hydrogen-bond acceptors (Lipinski definition) is 4. The van der Waals surface area contributed by atoms with Gasteiger partial charge in [-0.05, 0) is 19.1 Å². The SMILES string of the molecule is CCOC(=O)c1cnn(-c2ccnc3ccccc23)c1. The summed E-state index contributed by atoms with van der Waals surface area (Å²) in [5, 5.41) is 5.21. The first kappa shape index (κ1) is 12.3. The lowest BCUT2D eigenvalue weighted by molar-refractivity contribution is 0.0526. The summed E-state index contributed by atoms with van der Waals surface area (Å²) in [6, 6.07) is 9.66. The van der Waals surface area contributed by atoms with E-state index in [2.05, 4.69) is 10.1 Å². The number of carbonyl (C=O) groups is 1. The van der Waals surface area contributed by atoms with Crippen LogP contribution in [-0.2, 0) is 4.74 Å². The molecular weight excluding hydrogens is 254 g/mol. The van der Waals surface area contributed by atoms with Crippen LogP contribution in [0.5, 0.6) is 0 Å². The fraction of sp³-hybridized carbons (Fsp3) is 0.133. The average Bonchev–Trinajstić information content (AvgIpc) is 2.97. The van der Waals surface area contributed by atoms with Crippen molar-refractivity contribution in [3.05, 3.63) is 54.5 Å². The molecule has 0 amide bonds. The fourth-order valence-corrected chi connectivity index (χ4v) is 2.05. The van der Waals surface area contributed by atoms with Crippen molar-refractivity contribution < 1.29 is 9.53 Å². The summed E-state index contributed by atoms with van der Waals surface area (Å²) in [5.41, 5.74) is 2.21. The molecule has 5 heteroatoms. The number of pyridine rings is 1. The maximum atomic E-state index is 11.7. The molecule has 0 spiro atoms. The molecule has 3 rings (SSSR count). The molecule has 0 radical (unpaired) electrons. The van der Waals surface area contributed by atoms with E-state index >= 15 is 0 Å². The van der Waals surface area contributed by atoms with Gasteiger partial charge in [0.1, 0.15) is 0 Å². The third kappa shape index (κ3) is 2.14. The van der Waals surface area contributed by atoms with Crippen LogP contribution in [0, 0.1) is 0 Å². The Balaban J connectivity index is 2.06. The van der Waals surface area contributed by atoms with Gasteiger partial charge < -0.3 is 4.74 Å². The largest absolute Gasteiger partial charge is 0.462 e. The molecule has 2 aromatic heterocycles. The molecule has 1 aromatic carbocycles. The second kappa shape index (κ2) is 5.13. The van der Waals surface area contributed by atoms with Gasteiger partial charge in [-0.3, -0.25) is 4.98 Å². The molecule has 0 bridgehead atoms. The van der Waals surface area contributed by atoms with Gasteiger partial charge >= 0.3 is 5.97 Å². The van der Waals surface area contributed by atoms with Crippen molar-refractivity contribution in [3.63, 3.8) is 0 Å². The van der Waals surface area contributed by atoms with Crippen LogP contribution in [0.1, 0.15) is 17.3 Å². The van der Waals surface area contributed by atoms with Crippen LogP contribution in [-0.4, -0.2) is 27.3 Å². The highest BCUT2D eigenvalue weighted by Gasteiger charge is 2.11. The van der Waals surface area contributed by atoms with Crippen LogP contribution in [0.2, 0.25) is 0 Å². The van der Waals surface area contributed by atoms with Crippen molar-refractivity contribution in [2.45, 2.75) is 6.92 Å². The standard InChI is InChI=1S/C15H13N3O2/c1-2-20-15(19)11-9-17-18(10-11)14-7-8-16-13-6-4-3-5-12(13)14/h3-10H,2H2,1H3. The topological polar surface area (TPSA) is 57.0 Å². The van der Waals surface area contributed by atoms with E-state index in [0.29, 0.717) is 12.2 Å². The molecule has 0 N–H and O–H groups in total. The Hall–Kier alpha value is -2.69. The first-order chi connectivity index (χ1) is 9.79. The lowest BCUT2D eigenvalue weighted by atomic mass is 10.2. The Bertz CT molecular complexity index is 759. The lowest BCUT2D eigenvalue weighted by Crippen LogP contribution is -2.03. The molecule has 0 aliphatic rings. The highest BCUT2D eigenvalue weighted by molar-refractivity contribution is 5.90. The minimum atomic E-state index is -0.364. The number of para-hydroxylation sites is 1. The van der Waals surface area contributed by atoms with Crippen LogP contribution >= 0.6 is 0 Å². The molecule has 0 saturated heterocycles. The summed E-state index contributed by atoms with van der Waals surface area (Å²) in [4.78, 5) is 16.0. The van der Waals surface area contributed by atoms with Gasteiger partial charge in [-0.25, -0.2) is 9.48 Å². The quantitative estimate of drug-likeness (QED) is 0.684. The van der Waals surface area contributed by atoms with E-state index in [1.165, 1.54) is 6.20 Å². The molecule has 100 valence electrons. The van der Waals surface area contributed by atoms with E-state index < -0.39 is 0 Å². The number of rotatable bonds is 3. The molecule has 0 aliphatic carbocycles. The van der Waals surface area contributed by atoms with Crippen LogP contribution in [0.4, 0.5) is 0 Å². The average molecular weight is 267 g/mol. The number of esters is 1. The summed E-state index contributed by atoms with van der Waals surface area (Å²) in [6.45, 7) is 2.13. The zero-order valence-corrected chi connectivity index (χ0v) is 11.0. The molecule has 2 heterocycles. The first-order valence-electron chi connectivity index (χ1n) is 6.35. The zero-order chi connectivity index (χ0) is 13.9. The normalized spacial score (nSPS) is 10.7. The van der Waals surface area contributed by atoms with Crippen LogP contribution < -0.4 is 0 Å². The van der Waals surface area contributed by atoms with Gasteiger partial charge in [0, 0.05) is 17.8 Å². The van der Waals surface area contributed by atoms with Crippen molar-refractivity contribution in [2.75, 3.05) is 6.61 Å². The zero-order valence-electron chi connectivity index (χ0n) is 11.0. The molecule has 0 fully saturated rings. The Labute approximate surface area is 115 Å². The summed E-state index contributed by atoms with van der Waals surface area (Å²) >= 11 is 0. The smallest absolute Gasteiger partial charge is 0.341 e. The third-order valence-corrected chi connectivity index (χ3v) is 2.97. The van der Waals surface area contributed by atoms with E-state index in [1.54, 1.807) is 24.0 Å². The molecule has 0 aliphatic heterocycles. The van der Waals surface area contributed by atoms with Crippen molar-refractivity contribution in [2.24, 2.45) is 0 Å². The molecule has 5 nitrogen and oxygen atoms in total. The second-order valence-electron chi connectivity index (χ2n) is 4.24. The van der Waals surface area contributed by atoms with E-state index in [-0.39, 0.29) is 5.97 Å². The molecule has 0 saturated carbocycles. The highest BCUT2D eigenvalue weighted by atomic mass is 16.5. The van der Waals surface area contributed by atoms with Crippen LogP contribution in [0.3, 0.4) is 0 Å². The maximum Gasteiger partial charge on any atom is 0.341 e. The maximum absolute atomic E-state index is 11.7. The van der Waals surface area contributed by atoms with Crippen LogP contribution in [0.15, 0.2) is 48.9 Å². The Morgan fingerprint density at radius 2 is 2.15 bits per heavy atom. The van der Waals surface area contributed by atoms with Crippen molar-refractivity contribution in [1.82, 2.24) is 14.8 Å². The minimum absolute atomic E-state index is 0.349. The molecule has 0 unspecified atom stereocenters. The van der Waals surface area contributed by atoms with Gasteiger partial charge in [0.2, 0.25) is 0 Å². The number of nitrogens with zero attached hydrogens (tertiary/aromatic N) is 3. The summed E-state index contributed by atoms with van der Waals surface area (Å²) in [6.07, 6.45) is 4.90. The number of benzene rings is 1. The lowest BCUT2D eigenvalue weighted by Gasteiger charge is -2.05. The predicted molar refractivity (Wildman–Crippen MR) is 74.8 cm³/mol. The third-order valence-electron chi connectivity index (χ3n) is 2.97. The molecule has 0 atom stereocenters. The van der Waals surface area contributed by atoms with Gasteiger partial charge in [-0.1, -0.05) is 18.2 Å².